The van der Waals surface area contributed by atoms with E-state index in [1.54, 1.807) is 25.3 Å². The molecule has 34 heteroatoms. The summed E-state index contributed by atoms with van der Waals surface area (Å²) in [6.07, 6.45) is 19.3. The lowest BCUT2D eigenvalue weighted by Gasteiger charge is -2.37. The molecule has 816 valence electrons. The van der Waals surface area contributed by atoms with Gasteiger partial charge >= 0.3 is 6.18 Å². The Hall–Kier alpha value is -11.3. The second-order valence-electron chi connectivity index (χ2n) is 44.5. The van der Waals surface area contributed by atoms with Crippen LogP contribution in [0.1, 0.15) is 314 Å². The number of methoxy groups -OCH3 is 2. The molecule has 6 fully saturated rings. The summed E-state index contributed by atoms with van der Waals surface area (Å²) in [5.41, 5.74) is 8.23. The maximum atomic E-state index is 12.9. The number of pyridine rings is 1. The maximum Gasteiger partial charge on any atom is 0.416 e. The van der Waals surface area contributed by atoms with Crippen molar-refractivity contribution >= 4 is 92.9 Å². The number of rotatable bonds is 27. The van der Waals surface area contributed by atoms with Crippen LogP contribution in [0.15, 0.2) is 177 Å². The van der Waals surface area contributed by atoms with Crippen molar-refractivity contribution in [3.63, 3.8) is 0 Å². The Morgan fingerprint density at radius 1 is 0.333 bits per heavy atom. The number of alkyl halides is 5. The minimum atomic E-state index is -4.34. The molecule has 1 aromatic heterocycles. The zero-order valence-electron chi connectivity index (χ0n) is 89.8. The van der Waals surface area contributed by atoms with Crippen molar-refractivity contribution in [3.8, 4) is 11.5 Å². The van der Waals surface area contributed by atoms with Gasteiger partial charge in [0.05, 0.1) is 54.0 Å². The highest BCUT2D eigenvalue weighted by atomic mass is 35.5. The van der Waals surface area contributed by atoms with E-state index in [1.807, 2.05) is 140 Å². The van der Waals surface area contributed by atoms with E-state index >= 15 is 0 Å². The summed E-state index contributed by atoms with van der Waals surface area (Å²) in [6, 6.07) is 41.9. The molecule has 6 amide bonds. The summed E-state index contributed by atoms with van der Waals surface area (Å²) in [7, 11) is 3.34. The molecule has 0 aliphatic carbocycles. The molecule has 0 saturated carbocycles. The van der Waals surface area contributed by atoms with Gasteiger partial charge in [-0.15, -0.1) is 0 Å². The van der Waals surface area contributed by atoms with E-state index in [1.165, 1.54) is 12.1 Å². The van der Waals surface area contributed by atoms with Crippen LogP contribution in [0.25, 0.3) is 0 Å². The minimum absolute atomic E-state index is 0.0608. The second-order valence-corrected chi connectivity index (χ2v) is 45.3. The molecule has 150 heavy (non-hydrogen) atoms. The van der Waals surface area contributed by atoms with Crippen LogP contribution in [-0.4, -0.2) is 236 Å². The third kappa shape index (κ3) is 32.7. The van der Waals surface area contributed by atoms with Crippen molar-refractivity contribution in [1.29, 1.82) is 0 Å². The van der Waals surface area contributed by atoms with Crippen LogP contribution in [0.4, 0.5) is 22.0 Å². The van der Waals surface area contributed by atoms with E-state index < -0.39 is 23.3 Å². The summed E-state index contributed by atoms with van der Waals surface area (Å²) < 4.78 is 74.4. The van der Waals surface area contributed by atoms with E-state index in [0.717, 1.165) is 249 Å². The number of aromatic nitrogens is 1. The summed E-state index contributed by atoms with van der Waals surface area (Å²) >= 11 is 12.5. The average molecular weight is 2120 g/mol. The van der Waals surface area contributed by atoms with Crippen molar-refractivity contribution in [3.05, 3.63) is 195 Å². The molecule has 5 aromatic carbocycles. The maximum absolute atomic E-state index is 12.9. The predicted octanol–water partition coefficient (Wildman–Crippen LogP) is 23.8. The molecule has 12 aliphatic rings. The predicted molar refractivity (Wildman–Crippen MR) is 574 cm³/mol. The Kier molecular flexibility index (Phi) is 40.8. The van der Waals surface area contributed by atoms with Crippen molar-refractivity contribution in [2.75, 3.05) is 92.8 Å². The monoisotopic (exact) mass is 2120 g/mol. The van der Waals surface area contributed by atoms with Crippen LogP contribution in [-0.2, 0) is 64.0 Å². The number of benzene rings is 5. The number of amides is 6. The van der Waals surface area contributed by atoms with Crippen LogP contribution < -0.4 is 9.47 Å². The third-order valence-electron chi connectivity index (χ3n) is 30.6. The van der Waals surface area contributed by atoms with Gasteiger partial charge in [0, 0.05) is 272 Å². The number of carbonyl (C=O) groups is 6. The molecule has 18 rings (SSSR count). The number of piperidine rings is 6. The van der Waals surface area contributed by atoms with Gasteiger partial charge in [-0.3, -0.25) is 33.8 Å². The van der Waals surface area contributed by atoms with Gasteiger partial charge in [-0.05, 0) is 159 Å². The highest BCUT2D eigenvalue weighted by Gasteiger charge is 2.51. The van der Waals surface area contributed by atoms with Crippen molar-refractivity contribution in [2.24, 2.45) is 60.5 Å². The standard InChI is InChI=1S/C20H25F3N2O2.2C20H28N2O3.C19H23ClF2N2O2.C19H25ClN2O2.C18H25N3O2/c1-14(2)3-8-18(26)25-11-9-19(10-12-25)13-17(24-27-19)15-4-6-16(7-5-15)20(21,22)23;1-15(2)4-9-19(23)22-12-10-20(11-13-22)14-18(21-25-20)16-5-7-17(24-3)8-6-16;1-15(2)8-9-19(23)22-12-10-20(11-13-22)14-17(21-25-20)16-6-4-5-7-18(16)24-3;1-18(21,22)8-4-7-17(25)24-11-9-19(10-12-24)13-16(23-26-19)14-5-2-3-6-15(14)20;1-14(2)7-8-18(23)22-11-9-19(10-12-22)13-17(21-24-19)15-5-3-4-6-16(15)20;1-14(2)6-7-17(22)21-11-8-18(9-12-21)13-16(20-23-18)15-5-3-4-10-19-15/h4-7,14H,3,8-13H2,1-2H3;5-8,15H,4,9-14H2,1-3H3;4-7,15H,8-14H2,1-3H3;2-3,5-6H,4,7-13H2,1H3;3-6,14H,7-13H2,1-2H3;3-5,10,14H,6-9,11-13H2,1-2H3. The van der Waals surface area contributed by atoms with Crippen LogP contribution in [0.2, 0.25) is 10.0 Å². The Morgan fingerprint density at radius 2 is 0.600 bits per heavy atom. The van der Waals surface area contributed by atoms with E-state index in [0.29, 0.717) is 148 Å². The lowest BCUT2D eigenvalue weighted by molar-refractivity contribution is -0.138. The Labute approximate surface area is 891 Å². The molecule has 0 atom stereocenters. The molecule has 6 spiro atoms. The highest BCUT2D eigenvalue weighted by Crippen LogP contribution is 2.45. The fourth-order valence-electron chi connectivity index (χ4n) is 20.6. The van der Waals surface area contributed by atoms with E-state index in [4.69, 9.17) is 61.7 Å². The van der Waals surface area contributed by atoms with Crippen molar-refractivity contribution in [1.82, 2.24) is 34.4 Å². The number of hydrogen-bond acceptors (Lipinski definition) is 21. The summed E-state index contributed by atoms with van der Waals surface area (Å²) in [6.45, 7) is 30.8. The number of hydrogen-bond donors (Lipinski definition) is 0. The van der Waals surface area contributed by atoms with Gasteiger partial charge in [0.2, 0.25) is 41.4 Å². The topological polar surface area (TPSA) is 283 Å². The largest absolute Gasteiger partial charge is 0.497 e. The van der Waals surface area contributed by atoms with E-state index in [-0.39, 0.29) is 82.7 Å². The summed E-state index contributed by atoms with van der Waals surface area (Å²) in [4.78, 5) is 124. The molecule has 6 aromatic rings. The van der Waals surface area contributed by atoms with E-state index in [9.17, 15) is 50.7 Å². The molecule has 0 radical (unpaired) electrons. The number of halogens is 7. The smallest absolute Gasteiger partial charge is 0.416 e. The number of ether oxygens (including phenoxy) is 2. The molecule has 0 bridgehead atoms. The highest BCUT2D eigenvalue weighted by molar-refractivity contribution is 6.35. The fraction of sp³-hybridized carbons (Fsp3) is 0.595. The second kappa shape index (κ2) is 52.8. The first kappa shape index (κ1) is 116. The first-order valence-electron chi connectivity index (χ1n) is 54.0. The molecule has 13 heterocycles. The quantitative estimate of drug-likeness (QED) is 0.0433. The zero-order valence-corrected chi connectivity index (χ0v) is 91.3. The molecular weight excluding hydrogens is 1970 g/mol. The molecule has 27 nitrogen and oxygen atoms in total. The Morgan fingerprint density at radius 3 is 0.887 bits per heavy atom. The number of carbonyl (C=O) groups excluding carboxylic acids is 6. The van der Waals surface area contributed by atoms with Gasteiger partial charge in [0.1, 0.15) is 50.8 Å². The summed E-state index contributed by atoms with van der Waals surface area (Å²) in [5, 5.41) is 27.0. The number of nitrogens with zero attached hydrogens (tertiary/aromatic N) is 13. The first-order valence-corrected chi connectivity index (χ1v) is 54.7. The number of para-hydroxylation sites is 1. The molecular formula is C116H154Cl2F5N13O14. The first-order chi connectivity index (χ1) is 71.6. The van der Waals surface area contributed by atoms with Crippen LogP contribution in [0.5, 0.6) is 11.5 Å². The van der Waals surface area contributed by atoms with Crippen molar-refractivity contribution in [2.45, 2.75) is 321 Å². The molecule has 6 saturated heterocycles. The van der Waals surface area contributed by atoms with Crippen LogP contribution in [0.3, 0.4) is 0 Å². The van der Waals surface area contributed by atoms with Crippen molar-refractivity contribution < 1.29 is 89.2 Å². The molecule has 12 aliphatic heterocycles. The van der Waals surface area contributed by atoms with Crippen LogP contribution in [0, 0.1) is 29.6 Å². The number of oxime groups is 6. The van der Waals surface area contributed by atoms with Gasteiger partial charge in [-0.2, -0.15) is 13.2 Å². The average Bonchev–Trinajstić information content (AvgIpc) is 1.65. The van der Waals surface area contributed by atoms with Gasteiger partial charge in [-0.25, -0.2) is 8.78 Å². The minimum Gasteiger partial charge on any atom is -0.497 e. The lowest BCUT2D eigenvalue weighted by Crippen LogP contribution is -2.46. The van der Waals surface area contributed by atoms with E-state index in [2.05, 4.69) is 105 Å². The van der Waals surface area contributed by atoms with Gasteiger partial charge in [0.15, 0.2) is 0 Å². The fourth-order valence-corrected chi connectivity index (χ4v) is 21.1. The Balaban J connectivity index is 0.000000150. The molecule has 0 unspecified atom stereocenters. The SMILES string of the molecule is CC(C)CCC(=O)N1CCC2(CC1)CC(c1ccc(C(F)(F)F)cc1)=NO2.CC(C)CCC(=O)N1CCC2(CC1)CC(c1ccccc1Cl)=NO2.CC(C)CCC(=O)N1CCC2(CC1)CC(c1ccccn1)=NO2.CC(F)(F)CCCC(=O)N1CCC2(CC1)CC(c1ccccc1Cl)=NO2.COc1ccc(C2=NOC3(CCN(C(=O)CCC(C)C)CC3)C2)cc1.COc1ccccc1C1=NOC2(CCN(C(=O)CCC(C)C)CC2)C1. The third-order valence-corrected chi connectivity index (χ3v) is 31.3. The normalized spacial score (nSPS) is 19.3. The van der Waals surface area contributed by atoms with Gasteiger partial charge < -0.3 is 67.9 Å². The van der Waals surface area contributed by atoms with Gasteiger partial charge in [-0.1, -0.05) is 190 Å². The number of likely N-dealkylation sites (tertiary alicyclic amines) is 6. The zero-order chi connectivity index (χ0) is 108. The Bertz CT molecular complexity index is 5670. The summed E-state index contributed by atoms with van der Waals surface area (Å²) in [5.74, 6) is 2.93. The molecule has 0 N–H and O–H groups in total. The lowest BCUT2D eigenvalue weighted by atomic mass is 9.85. The van der Waals surface area contributed by atoms with Crippen LogP contribution >= 0.6 is 23.2 Å². The van der Waals surface area contributed by atoms with Gasteiger partial charge in [0.25, 0.3) is 0 Å².